The van der Waals surface area contributed by atoms with Crippen molar-refractivity contribution in [3.8, 4) is 0 Å². The summed E-state index contributed by atoms with van der Waals surface area (Å²) in [7, 11) is 0. The van der Waals surface area contributed by atoms with E-state index in [-0.39, 0.29) is 5.70 Å². The average Bonchev–Trinajstić information content (AvgIpc) is 2.20. The molecular formula is C14H17NO3. The van der Waals surface area contributed by atoms with Crippen LogP contribution in [-0.2, 0) is 9.59 Å². The summed E-state index contributed by atoms with van der Waals surface area (Å²) < 4.78 is 0. The van der Waals surface area contributed by atoms with E-state index in [1.54, 1.807) is 0 Å². The zero-order valence-electron chi connectivity index (χ0n) is 11.0. The van der Waals surface area contributed by atoms with Crippen molar-refractivity contribution in [1.82, 2.24) is 5.32 Å². The van der Waals surface area contributed by atoms with Gasteiger partial charge in [0.15, 0.2) is 0 Å². The number of carboxylic acid groups (broad SMARTS) is 1. The fourth-order valence-electron chi connectivity index (χ4n) is 1.90. The fraction of sp³-hybridized carbons (Fsp3) is 0.286. The van der Waals surface area contributed by atoms with Crippen LogP contribution in [0, 0.1) is 20.8 Å². The van der Waals surface area contributed by atoms with Gasteiger partial charge in [-0.15, -0.1) is 0 Å². The zero-order valence-corrected chi connectivity index (χ0v) is 11.0. The number of aryl methyl sites for hydroxylation is 3. The van der Waals surface area contributed by atoms with Crippen LogP contribution in [0.1, 0.15) is 29.2 Å². The van der Waals surface area contributed by atoms with Gasteiger partial charge in [0.1, 0.15) is 5.70 Å². The lowest BCUT2D eigenvalue weighted by molar-refractivity contribution is -0.134. The number of carbonyl (C=O) groups is 2. The Kier molecular flexibility index (Phi) is 4.26. The van der Waals surface area contributed by atoms with Crippen molar-refractivity contribution in [2.45, 2.75) is 27.7 Å². The van der Waals surface area contributed by atoms with Crippen LogP contribution in [0.15, 0.2) is 17.8 Å². The molecule has 0 aliphatic heterocycles. The van der Waals surface area contributed by atoms with Crippen LogP contribution in [0.2, 0.25) is 0 Å². The molecule has 1 aromatic carbocycles. The molecule has 0 fully saturated rings. The quantitative estimate of drug-likeness (QED) is 0.804. The minimum atomic E-state index is -1.15. The highest BCUT2D eigenvalue weighted by Gasteiger charge is 2.11. The van der Waals surface area contributed by atoms with Gasteiger partial charge in [-0.05, 0) is 43.5 Å². The van der Waals surface area contributed by atoms with Gasteiger partial charge in [-0.3, -0.25) is 4.79 Å². The first-order chi connectivity index (χ1) is 8.31. The molecule has 0 atom stereocenters. The molecule has 0 saturated heterocycles. The number of nitrogens with one attached hydrogen (secondary N) is 1. The summed E-state index contributed by atoms with van der Waals surface area (Å²) in [6, 6.07) is 3.96. The number of rotatable bonds is 3. The van der Waals surface area contributed by atoms with Crippen LogP contribution in [0.3, 0.4) is 0 Å². The zero-order chi connectivity index (χ0) is 13.9. The number of aliphatic carboxylic acids is 1. The topological polar surface area (TPSA) is 66.4 Å². The lowest BCUT2D eigenvalue weighted by atomic mass is 9.99. The third-order valence-electron chi connectivity index (χ3n) is 2.57. The highest BCUT2D eigenvalue weighted by atomic mass is 16.4. The normalized spacial score (nSPS) is 11.2. The molecule has 0 heterocycles. The first-order valence-electron chi connectivity index (χ1n) is 5.61. The van der Waals surface area contributed by atoms with Crippen molar-refractivity contribution in [2.24, 2.45) is 0 Å². The van der Waals surface area contributed by atoms with E-state index >= 15 is 0 Å². The van der Waals surface area contributed by atoms with E-state index in [0.717, 1.165) is 22.3 Å². The molecular weight excluding hydrogens is 230 g/mol. The largest absolute Gasteiger partial charge is 0.477 e. The van der Waals surface area contributed by atoms with Gasteiger partial charge in [-0.1, -0.05) is 17.7 Å². The van der Waals surface area contributed by atoms with Gasteiger partial charge in [0.2, 0.25) is 5.91 Å². The van der Waals surface area contributed by atoms with E-state index in [1.807, 2.05) is 32.9 Å². The summed E-state index contributed by atoms with van der Waals surface area (Å²) in [4.78, 5) is 22.0. The molecule has 4 heteroatoms. The lowest BCUT2D eigenvalue weighted by Gasteiger charge is -2.09. The Morgan fingerprint density at radius 1 is 1.17 bits per heavy atom. The Bertz CT molecular complexity index is 507. The van der Waals surface area contributed by atoms with Crippen molar-refractivity contribution in [2.75, 3.05) is 0 Å². The third-order valence-corrected chi connectivity index (χ3v) is 2.57. The number of carboxylic acids is 1. The third kappa shape index (κ3) is 3.45. The first-order valence-corrected chi connectivity index (χ1v) is 5.61. The molecule has 1 amide bonds. The Hall–Kier alpha value is -2.10. The summed E-state index contributed by atoms with van der Waals surface area (Å²) in [6.07, 6.45) is 1.49. The monoisotopic (exact) mass is 247 g/mol. The van der Waals surface area contributed by atoms with E-state index in [4.69, 9.17) is 5.11 Å². The Morgan fingerprint density at radius 3 is 2.06 bits per heavy atom. The number of carbonyl (C=O) groups excluding carboxylic acids is 1. The van der Waals surface area contributed by atoms with Crippen molar-refractivity contribution >= 4 is 18.0 Å². The molecule has 0 aliphatic rings. The van der Waals surface area contributed by atoms with Gasteiger partial charge >= 0.3 is 5.97 Å². The van der Waals surface area contributed by atoms with Crippen LogP contribution in [0.5, 0.6) is 0 Å². The number of hydrogen-bond acceptors (Lipinski definition) is 2. The molecule has 96 valence electrons. The molecule has 4 nitrogen and oxygen atoms in total. The molecule has 0 unspecified atom stereocenters. The lowest BCUT2D eigenvalue weighted by Crippen LogP contribution is -2.24. The second-order valence-corrected chi connectivity index (χ2v) is 4.36. The Labute approximate surface area is 106 Å². The maximum Gasteiger partial charge on any atom is 0.352 e. The minimum absolute atomic E-state index is 0.113. The van der Waals surface area contributed by atoms with Crippen LogP contribution >= 0.6 is 0 Å². The minimum Gasteiger partial charge on any atom is -0.477 e. The Morgan fingerprint density at radius 2 is 1.67 bits per heavy atom. The second kappa shape index (κ2) is 5.49. The van der Waals surface area contributed by atoms with Gasteiger partial charge < -0.3 is 10.4 Å². The number of hydrogen-bond donors (Lipinski definition) is 2. The van der Waals surface area contributed by atoms with Gasteiger partial charge in [0, 0.05) is 6.92 Å². The molecule has 0 radical (unpaired) electrons. The SMILES string of the molecule is CC(=O)N/C(=C\c1c(C)cc(C)cc1C)C(=O)O. The summed E-state index contributed by atoms with van der Waals surface area (Å²) in [5.74, 6) is -1.55. The van der Waals surface area contributed by atoms with E-state index in [9.17, 15) is 9.59 Å². The molecule has 1 aromatic rings. The van der Waals surface area contributed by atoms with Crippen molar-refractivity contribution in [1.29, 1.82) is 0 Å². The summed E-state index contributed by atoms with van der Waals surface area (Å²) in [5.41, 5.74) is 3.80. The molecule has 2 N–H and O–H groups in total. The van der Waals surface area contributed by atoms with Gasteiger partial charge in [0.05, 0.1) is 0 Å². The van der Waals surface area contributed by atoms with Crippen LogP contribution < -0.4 is 5.32 Å². The molecule has 0 aliphatic carbocycles. The maximum absolute atomic E-state index is 11.0. The molecule has 0 aromatic heterocycles. The van der Waals surface area contributed by atoms with E-state index in [2.05, 4.69) is 5.32 Å². The van der Waals surface area contributed by atoms with E-state index < -0.39 is 11.9 Å². The molecule has 0 bridgehead atoms. The Balaban J connectivity index is 3.28. The van der Waals surface area contributed by atoms with Crippen molar-refractivity contribution < 1.29 is 14.7 Å². The van der Waals surface area contributed by atoms with Crippen LogP contribution in [-0.4, -0.2) is 17.0 Å². The smallest absolute Gasteiger partial charge is 0.352 e. The highest BCUT2D eigenvalue weighted by molar-refractivity contribution is 5.96. The molecule has 18 heavy (non-hydrogen) atoms. The molecule has 1 rings (SSSR count). The van der Waals surface area contributed by atoms with Crippen LogP contribution in [0.4, 0.5) is 0 Å². The van der Waals surface area contributed by atoms with Gasteiger partial charge in [-0.2, -0.15) is 0 Å². The van der Waals surface area contributed by atoms with Gasteiger partial charge in [-0.25, -0.2) is 4.79 Å². The highest BCUT2D eigenvalue weighted by Crippen LogP contribution is 2.19. The standard InChI is InChI=1S/C14H17NO3/c1-8-5-9(2)12(10(3)6-8)7-13(14(17)18)15-11(4)16/h5-7H,1-4H3,(H,15,16)(H,17,18)/b13-7-. The molecule has 0 spiro atoms. The van der Waals surface area contributed by atoms with Gasteiger partial charge in [0.25, 0.3) is 0 Å². The first kappa shape index (κ1) is 14.0. The summed E-state index contributed by atoms with van der Waals surface area (Å²) in [6.45, 7) is 7.10. The van der Waals surface area contributed by atoms with Crippen molar-refractivity contribution in [3.05, 3.63) is 40.1 Å². The van der Waals surface area contributed by atoms with E-state index in [1.165, 1.54) is 13.0 Å². The number of benzene rings is 1. The summed E-state index contributed by atoms with van der Waals surface area (Å²) >= 11 is 0. The van der Waals surface area contributed by atoms with E-state index in [0.29, 0.717) is 0 Å². The fourth-order valence-corrected chi connectivity index (χ4v) is 1.90. The maximum atomic E-state index is 11.0. The predicted octanol–water partition coefficient (Wildman–Crippen LogP) is 2.17. The number of amides is 1. The predicted molar refractivity (Wildman–Crippen MR) is 70.1 cm³/mol. The summed E-state index contributed by atoms with van der Waals surface area (Å²) in [5, 5.41) is 11.4. The van der Waals surface area contributed by atoms with Crippen LogP contribution in [0.25, 0.3) is 6.08 Å². The van der Waals surface area contributed by atoms with Crippen molar-refractivity contribution in [3.63, 3.8) is 0 Å². The molecule has 0 saturated carbocycles. The average molecular weight is 247 g/mol. The second-order valence-electron chi connectivity index (χ2n) is 4.36.